The van der Waals surface area contributed by atoms with Gasteiger partial charge in [0.25, 0.3) is 0 Å². The van der Waals surface area contributed by atoms with Gasteiger partial charge in [0.05, 0.1) is 18.3 Å². The van der Waals surface area contributed by atoms with Crippen LogP contribution in [0.15, 0.2) is 0 Å². The zero-order chi connectivity index (χ0) is 38.9. The third-order valence-corrected chi connectivity index (χ3v) is 13.0. The molecule has 0 spiro atoms. The summed E-state index contributed by atoms with van der Waals surface area (Å²) >= 11 is 0. The van der Waals surface area contributed by atoms with Crippen molar-refractivity contribution in [3.05, 3.63) is 0 Å². The van der Waals surface area contributed by atoms with Crippen LogP contribution in [0.25, 0.3) is 0 Å². The molecule has 5 heteroatoms. The summed E-state index contributed by atoms with van der Waals surface area (Å²) in [5.74, 6) is 0. The van der Waals surface area contributed by atoms with E-state index in [-0.39, 0.29) is 18.3 Å². The standard InChI is InChI=1S/C48H99O4P/c1-7-13-16-19-22-25-28-31-34-37-43-46(40-10-4)50-53(49,51-47(41-11-5)44-38-35-32-29-26-23-20-17-14-8-2)52-48(42-12-6)45-39-36-33-30-27-24-21-18-15-9-3/h46-48H,7-45H2,1-6H3. The van der Waals surface area contributed by atoms with Crippen molar-refractivity contribution >= 4 is 7.82 Å². The van der Waals surface area contributed by atoms with Crippen molar-refractivity contribution in [2.75, 3.05) is 0 Å². The van der Waals surface area contributed by atoms with Gasteiger partial charge in [-0.25, -0.2) is 4.57 Å². The molecule has 0 aliphatic carbocycles. The molecule has 0 aromatic heterocycles. The second kappa shape index (κ2) is 41.7. The van der Waals surface area contributed by atoms with Crippen LogP contribution in [0.4, 0.5) is 0 Å². The minimum absolute atomic E-state index is 0.0564. The van der Waals surface area contributed by atoms with E-state index in [0.29, 0.717) is 0 Å². The predicted molar refractivity (Wildman–Crippen MR) is 236 cm³/mol. The smallest absolute Gasteiger partial charge is 0.284 e. The maximum Gasteiger partial charge on any atom is 0.475 e. The maximum absolute atomic E-state index is 14.8. The Morgan fingerprint density at radius 2 is 0.453 bits per heavy atom. The first-order valence-corrected chi connectivity index (χ1v) is 26.1. The molecule has 0 heterocycles. The first kappa shape index (κ1) is 53.1. The molecule has 0 rings (SSSR count). The number of hydrogen-bond donors (Lipinski definition) is 0. The average Bonchev–Trinajstić information content (AvgIpc) is 3.14. The quantitative estimate of drug-likeness (QED) is 0.0457. The van der Waals surface area contributed by atoms with E-state index in [1.807, 2.05) is 0 Å². The summed E-state index contributed by atoms with van der Waals surface area (Å²) in [5.41, 5.74) is 0. The van der Waals surface area contributed by atoms with Crippen LogP contribution in [0.5, 0.6) is 0 Å². The molecule has 0 saturated heterocycles. The molecule has 4 nitrogen and oxygen atoms in total. The Kier molecular flexibility index (Phi) is 41.8. The molecule has 0 aromatic rings. The predicted octanol–water partition coefficient (Wildman–Crippen LogP) is 18.6. The third-order valence-electron chi connectivity index (χ3n) is 11.3. The monoisotopic (exact) mass is 771 g/mol. The van der Waals surface area contributed by atoms with Crippen LogP contribution < -0.4 is 0 Å². The Hall–Kier alpha value is 0.110. The Morgan fingerprint density at radius 1 is 0.264 bits per heavy atom. The minimum Gasteiger partial charge on any atom is -0.284 e. The lowest BCUT2D eigenvalue weighted by molar-refractivity contribution is 0.0168. The van der Waals surface area contributed by atoms with Crippen LogP contribution in [0.2, 0.25) is 0 Å². The van der Waals surface area contributed by atoms with Gasteiger partial charge in [0.15, 0.2) is 0 Å². The van der Waals surface area contributed by atoms with E-state index in [1.54, 1.807) is 0 Å². The van der Waals surface area contributed by atoms with Crippen LogP contribution in [0.1, 0.15) is 292 Å². The van der Waals surface area contributed by atoms with E-state index in [1.165, 1.54) is 173 Å². The van der Waals surface area contributed by atoms with Crippen molar-refractivity contribution < 1.29 is 18.1 Å². The van der Waals surface area contributed by atoms with E-state index >= 15 is 0 Å². The van der Waals surface area contributed by atoms with Crippen molar-refractivity contribution in [3.63, 3.8) is 0 Å². The minimum atomic E-state index is -3.72. The van der Waals surface area contributed by atoms with Crippen LogP contribution in [0, 0.1) is 0 Å². The van der Waals surface area contributed by atoms with Crippen LogP contribution in [-0.2, 0) is 18.1 Å². The molecule has 0 saturated carbocycles. The summed E-state index contributed by atoms with van der Waals surface area (Å²) in [6.45, 7) is 13.5. The van der Waals surface area contributed by atoms with Crippen molar-refractivity contribution in [2.24, 2.45) is 0 Å². The van der Waals surface area contributed by atoms with Gasteiger partial charge in [0.2, 0.25) is 0 Å². The average molecular weight is 771 g/mol. The molecule has 3 atom stereocenters. The Bertz CT molecular complexity index is 650. The first-order valence-electron chi connectivity index (χ1n) is 24.6. The Balaban J connectivity index is 5.25. The highest BCUT2D eigenvalue weighted by Gasteiger charge is 2.36. The van der Waals surface area contributed by atoms with E-state index in [4.69, 9.17) is 13.6 Å². The van der Waals surface area contributed by atoms with Crippen molar-refractivity contribution in [1.29, 1.82) is 0 Å². The molecule has 0 fully saturated rings. The zero-order valence-corrected chi connectivity index (χ0v) is 38.3. The van der Waals surface area contributed by atoms with E-state index in [9.17, 15) is 4.57 Å². The fourth-order valence-electron chi connectivity index (χ4n) is 7.92. The Morgan fingerprint density at radius 3 is 0.642 bits per heavy atom. The van der Waals surface area contributed by atoms with Gasteiger partial charge in [-0.05, 0) is 38.5 Å². The second-order valence-electron chi connectivity index (χ2n) is 16.9. The highest BCUT2D eigenvalue weighted by molar-refractivity contribution is 7.48. The molecule has 320 valence electrons. The van der Waals surface area contributed by atoms with Gasteiger partial charge >= 0.3 is 7.82 Å². The number of phosphoric acid groups is 1. The summed E-state index contributed by atoms with van der Waals surface area (Å²) < 4.78 is 34.7. The van der Waals surface area contributed by atoms with Crippen LogP contribution in [-0.4, -0.2) is 18.3 Å². The second-order valence-corrected chi connectivity index (χ2v) is 18.4. The van der Waals surface area contributed by atoms with Crippen molar-refractivity contribution in [2.45, 2.75) is 310 Å². The largest absolute Gasteiger partial charge is 0.475 e. The normalized spacial score (nSPS) is 14.8. The molecular formula is C48H99O4P. The molecule has 0 N–H and O–H groups in total. The molecule has 3 unspecified atom stereocenters. The fraction of sp³-hybridized carbons (Fsp3) is 1.00. The SMILES string of the molecule is CCCCCCCCCCCCC(CCC)OP(=O)(OC(CCC)CCCCCCCCCCCC)OC(CCC)CCCCCCCCCCCC. The molecule has 0 aliphatic heterocycles. The number of phosphoric ester groups is 1. The lowest BCUT2D eigenvalue weighted by Crippen LogP contribution is -2.22. The number of unbranched alkanes of at least 4 members (excludes halogenated alkanes) is 27. The molecular weight excluding hydrogens is 671 g/mol. The number of hydrogen-bond acceptors (Lipinski definition) is 4. The summed E-state index contributed by atoms with van der Waals surface area (Å²) in [7, 11) is -3.72. The van der Waals surface area contributed by atoms with Gasteiger partial charge < -0.3 is 0 Å². The summed E-state index contributed by atoms with van der Waals surface area (Å²) in [5, 5.41) is 0. The van der Waals surface area contributed by atoms with Gasteiger partial charge in [0, 0.05) is 0 Å². The van der Waals surface area contributed by atoms with Gasteiger partial charge in [-0.15, -0.1) is 0 Å². The maximum atomic E-state index is 14.8. The Labute approximate surface area is 335 Å². The zero-order valence-electron chi connectivity index (χ0n) is 37.4. The molecule has 0 aromatic carbocycles. The summed E-state index contributed by atoms with van der Waals surface area (Å²) in [6, 6.07) is 0. The first-order chi connectivity index (χ1) is 26.0. The molecule has 53 heavy (non-hydrogen) atoms. The van der Waals surface area contributed by atoms with Crippen LogP contribution >= 0.6 is 7.82 Å². The van der Waals surface area contributed by atoms with E-state index in [0.717, 1.165) is 77.0 Å². The van der Waals surface area contributed by atoms with Gasteiger partial charge in [-0.3, -0.25) is 13.6 Å². The molecule has 0 radical (unpaired) electrons. The molecule has 0 amide bonds. The summed E-state index contributed by atoms with van der Waals surface area (Å²) in [6.07, 6.45) is 48.3. The molecule has 0 aliphatic rings. The lowest BCUT2D eigenvalue weighted by Gasteiger charge is -2.30. The third kappa shape index (κ3) is 36.2. The van der Waals surface area contributed by atoms with E-state index in [2.05, 4.69) is 41.5 Å². The van der Waals surface area contributed by atoms with Crippen LogP contribution in [0.3, 0.4) is 0 Å². The van der Waals surface area contributed by atoms with Gasteiger partial charge in [0.1, 0.15) is 0 Å². The fourth-order valence-corrected chi connectivity index (χ4v) is 9.79. The highest BCUT2D eigenvalue weighted by atomic mass is 31.2. The lowest BCUT2D eigenvalue weighted by atomic mass is 10.0. The number of rotatable bonds is 45. The highest BCUT2D eigenvalue weighted by Crippen LogP contribution is 2.55. The summed E-state index contributed by atoms with van der Waals surface area (Å²) in [4.78, 5) is 0. The van der Waals surface area contributed by atoms with Gasteiger partial charge in [-0.2, -0.15) is 0 Å². The molecule has 0 bridgehead atoms. The van der Waals surface area contributed by atoms with Crippen molar-refractivity contribution in [1.82, 2.24) is 0 Å². The van der Waals surface area contributed by atoms with Gasteiger partial charge in [-0.1, -0.05) is 253 Å². The topological polar surface area (TPSA) is 44.8 Å². The van der Waals surface area contributed by atoms with Crippen molar-refractivity contribution in [3.8, 4) is 0 Å². The van der Waals surface area contributed by atoms with E-state index < -0.39 is 7.82 Å².